The average Bonchev–Trinajstić information content (AvgIpc) is 2.27. The number of aromatic nitrogens is 1. The van der Waals surface area contributed by atoms with E-state index in [1.165, 1.54) is 0 Å². The van der Waals surface area contributed by atoms with Crippen molar-refractivity contribution in [1.29, 1.82) is 0 Å². The van der Waals surface area contributed by atoms with Crippen LogP contribution in [-0.2, 0) is 0 Å². The molecule has 0 bridgehead atoms. The van der Waals surface area contributed by atoms with Gasteiger partial charge in [0.15, 0.2) is 0 Å². The Morgan fingerprint density at radius 2 is 1.93 bits per heavy atom. The van der Waals surface area contributed by atoms with Gasteiger partial charge in [0.25, 0.3) is 0 Å². The van der Waals surface area contributed by atoms with Gasteiger partial charge in [-0.25, -0.2) is 0 Å². The first-order chi connectivity index (χ1) is 6.85. The highest BCUT2D eigenvalue weighted by Crippen LogP contribution is 2.26. The second kappa shape index (κ2) is 3.54. The molecule has 2 rings (SSSR count). The highest BCUT2D eigenvalue weighted by atomic mass is 16.5. The van der Waals surface area contributed by atoms with E-state index >= 15 is 0 Å². The van der Waals surface area contributed by atoms with Crippen molar-refractivity contribution in [3.8, 4) is 11.5 Å². The summed E-state index contributed by atoms with van der Waals surface area (Å²) in [5, 5.41) is 0.996. The number of hydrogen-bond donors (Lipinski definition) is 0. The summed E-state index contributed by atoms with van der Waals surface area (Å²) in [4.78, 5) is 4.24. The molecule has 0 fully saturated rings. The fourth-order valence-corrected chi connectivity index (χ4v) is 1.41. The third-order valence-corrected chi connectivity index (χ3v) is 2.13. The molecular formula is C11H11NO2. The maximum absolute atomic E-state index is 5.22. The lowest BCUT2D eigenvalue weighted by atomic mass is 10.2. The molecule has 2 aromatic rings. The number of methoxy groups -OCH3 is 2. The van der Waals surface area contributed by atoms with Crippen LogP contribution in [0, 0.1) is 0 Å². The molecule has 3 heteroatoms. The molecule has 1 heterocycles. The molecule has 0 amide bonds. The minimum atomic E-state index is 0.804. The van der Waals surface area contributed by atoms with E-state index < -0.39 is 0 Å². The molecule has 14 heavy (non-hydrogen) atoms. The maximum atomic E-state index is 5.22. The zero-order chi connectivity index (χ0) is 9.97. The molecule has 0 aliphatic heterocycles. The number of pyridine rings is 1. The Morgan fingerprint density at radius 3 is 2.64 bits per heavy atom. The zero-order valence-corrected chi connectivity index (χ0v) is 8.15. The fourth-order valence-electron chi connectivity index (χ4n) is 1.41. The lowest BCUT2D eigenvalue weighted by Crippen LogP contribution is -1.88. The molecule has 0 aliphatic rings. The number of rotatable bonds is 2. The monoisotopic (exact) mass is 189 g/mol. The summed E-state index contributed by atoms with van der Waals surface area (Å²) < 4.78 is 10.3. The molecule has 0 N–H and O–H groups in total. The van der Waals surface area contributed by atoms with Crippen LogP contribution in [0.4, 0.5) is 0 Å². The molecule has 1 aromatic heterocycles. The van der Waals surface area contributed by atoms with Gasteiger partial charge in [-0.1, -0.05) is 0 Å². The Balaban J connectivity index is 2.67. The molecular weight excluding hydrogens is 178 g/mol. The number of fused-ring (bicyclic) bond motifs is 1. The Morgan fingerprint density at radius 1 is 1.07 bits per heavy atom. The molecule has 0 atom stereocenters. The van der Waals surface area contributed by atoms with E-state index in [1.807, 2.05) is 24.3 Å². The van der Waals surface area contributed by atoms with Gasteiger partial charge in [0, 0.05) is 17.6 Å². The number of benzene rings is 1. The van der Waals surface area contributed by atoms with Crippen molar-refractivity contribution in [2.75, 3.05) is 14.2 Å². The van der Waals surface area contributed by atoms with Crippen molar-refractivity contribution in [3.05, 3.63) is 30.5 Å². The van der Waals surface area contributed by atoms with Gasteiger partial charge in [0.2, 0.25) is 0 Å². The minimum Gasteiger partial charge on any atom is -0.497 e. The van der Waals surface area contributed by atoms with Gasteiger partial charge in [0.1, 0.15) is 11.5 Å². The SMILES string of the molecule is COc1ccc2c(OC)ccnc2c1. The first-order valence-electron chi connectivity index (χ1n) is 4.32. The van der Waals surface area contributed by atoms with E-state index in [0.717, 1.165) is 22.4 Å². The second-order valence-corrected chi connectivity index (χ2v) is 2.90. The standard InChI is InChI=1S/C11H11NO2/c1-13-8-3-4-9-10(7-8)12-6-5-11(9)14-2/h3-7H,1-2H3. The fraction of sp³-hybridized carbons (Fsp3) is 0.182. The molecule has 1 aromatic carbocycles. The van der Waals surface area contributed by atoms with Crippen molar-refractivity contribution < 1.29 is 9.47 Å². The molecule has 0 unspecified atom stereocenters. The molecule has 3 nitrogen and oxygen atoms in total. The summed E-state index contributed by atoms with van der Waals surface area (Å²) in [5.74, 6) is 1.64. The minimum absolute atomic E-state index is 0.804. The summed E-state index contributed by atoms with van der Waals surface area (Å²) in [7, 11) is 3.29. The van der Waals surface area contributed by atoms with Crippen LogP contribution in [0.5, 0.6) is 11.5 Å². The summed E-state index contributed by atoms with van der Waals surface area (Å²) in [6.45, 7) is 0. The van der Waals surface area contributed by atoms with E-state index in [2.05, 4.69) is 4.98 Å². The molecule has 0 radical (unpaired) electrons. The average molecular weight is 189 g/mol. The highest BCUT2D eigenvalue weighted by molar-refractivity contribution is 5.85. The van der Waals surface area contributed by atoms with Crippen molar-refractivity contribution in [1.82, 2.24) is 4.98 Å². The second-order valence-electron chi connectivity index (χ2n) is 2.90. The van der Waals surface area contributed by atoms with Crippen LogP contribution in [0.3, 0.4) is 0 Å². The van der Waals surface area contributed by atoms with Gasteiger partial charge in [-0.3, -0.25) is 4.98 Å². The van der Waals surface area contributed by atoms with Crippen LogP contribution < -0.4 is 9.47 Å². The van der Waals surface area contributed by atoms with E-state index in [-0.39, 0.29) is 0 Å². The summed E-state index contributed by atoms with van der Waals surface area (Å²) in [6, 6.07) is 7.57. The Labute approximate surface area is 82.3 Å². The van der Waals surface area contributed by atoms with Crippen molar-refractivity contribution in [3.63, 3.8) is 0 Å². The highest BCUT2D eigenvalue weighted by Gasteiger charge is 2.02. The Kier molecular flexibility index (Phi) is 2.23. The lowest BCUT2D eigenvalue weighted by Gasteiger charge is -2.05. The van der Waals surface area contributed by atoms with Crippen molar-refractivity contribution in [2.24, 2.45) is 0 Å². The molecule has 0 spiro atoms. The first-order valence-corrected chi connectivity index (χ1v) is 4.32. The van der Waals surface area contributed by atoms with Crippen LogP contribution >= 0.6 is 0 Å². The lowest BCUT2D eigenvalue weighted by molar-refractivity contribution is 0.414. The predicted molar refractivity (Wildman–Crippen MR) is 54.8 cm³/mol. The van der Waals surface area contributed by atoms with Gasteiger partial charge in [0.05, 0.1) is 19.7 Å². The van der Waals surface area contributed by atoms with Crippen LogP contribution in [-0.4, -0.2) is 19.2 Å². The van der Waals surface area contributed by atoms with Gasteiger partial charge in [-0.15, -0.1) is 0 Å². The van der Waals surface area contributed by atoms with Gasteiger partial charge in [-0.05, 0) is 18.2 Å². The van der Waals surface area contributed by atoms with E-state index in [1.54, 1.807) is 20.4 Å². The third kappa shape index (κ3) is 1.37. The van der Waals surface area contributed by atoms with Gasteiger partial charge < -0.3 is 9.47 Å². The molecule has 0 saturated heterocycles. The van der Waals surface area contributed by atoms with Gasteiger partial charge in [-0.2, -0.15) is 0 Å². The van der Waals surface area contributed by atoms with Crippen LogP contribution in [0.25, 0.3) is 10.9 Å². The molecule has 72 valence electrons. The Hall–Kier alpha value is -1.77. The summed E-state index contributed by atoms with van der Waals surface area (Å²) in [5.41, 5.74) is 0.878. The normalized spacial score (nSPS) is 10.1. The third-order valence-electron chi connectivity index (χ3n) is 2.13. The summed E-state index contributed by atoms with van der Waals surface area (Å²) in [6.07, 6.45) is 1.72. The van der Waals surface area contributed by atoms with Gasteiger partial charge >= 0.3 is 0 Å². The largest absolute Gasteiger partial charge is 0.497 e. The molecule has 0 saturated carbocycles. The van der Waals surface area contributed by atoms with E-state index in [4.69, 9.17) is 9.47 Å². The zero-order valence-electron chi connectivity index (χ0n) is 8.15. The summed E-state index contributed by atoms with van der Waals surface area (Å²) >= 11 is 0. The van der Waals surface area contributed by atoms with E-state index in [0.29, 0.717) is 0 Å². The maximum Gasteiger partial charge on any atom is 0.129 e. The predicted octanol–water partition coefficient (Wildman–Crippen LogP) is 2.25. The number of ether oxygens (including phenoxy) is 2. The number of hydrogen-bond acceptors (Lipinski definition) is 3. The van der Waals surface area contributed by atoms with Crippen LogP contribution in [0.15, 0.2) is 30.5 Å². The van der Waals surface area contributed by atoms with Crippen LogP contribution in [0.2, 0.25) is 0 Å². The van der Waals surface area contributed by atoms with Crippen LogP contribution in [0.1, 0.15) is 0 Å². The van der Waals surface area contributed by atoms with Crippen molar-refractivity contribution in [2.45, 2.75) is 0 Å². The molecule has 0 aliphatic carbocycles. The quantitative estimate of drug-likeness (QED) is 0.726. The van der Waals surface area contributed by atoms with Crippen molar-refractivity contribution >= 4 is 10.9 Å². The first kappa shape index (κ1) is 8.81. The number of nitrogens with zero attached hydrogens (tertiary/aromatic N) is 1. The smallest absolute Gasteiger partial charge is 0.129 e. The topological polar surface area (TPSA) is 31.4 Å². The van der Waals surface area contributed by atoms with E-state index in [9.17, 15) is 0 Å². The Bertz CT molecular complexity index is 454.